The molecule has 4 aromatic carbocycles. The number of hydrogen-bond acceptors (Lipinski definition) is 4. The number of nitrogens with zero attached hydrogens (tertiary/aromatic N) is 2. The summed E-state index contributed by atoms with van der Waals surface area (Å²) in [6, 6.07) is 28.2. The van der Waals surface area contributed by atoms with E-state index >= 15 is 0 Å². The zero-order valence-corrected chi connectivity index (χ0v) is 27.8. The molecule has 4 aromatic rings. The fourth-order valence-corrected chi connectivity index (χ4v) is 6.82. The van der Waals surface area contributed by atoms with Crippen molar-refractivity contribution in [3.63, 3.8) is 0 Å². The van der Waals surface area contributed by atoms with Crippen molar-refractivity contribution >= 4 is 50.7 Å². The molecule has 1 atom stereocenters. The topological polar surface area (TPSA) is 86.8 Å². The first kappa shape index (κ1) is 34.0. The smallest absolute Gasteiger partial charge is 0.264 e. The van der Waals surface area contributed by atoms with Crippen LogP contribution < -0.4 is 9.62 Å². The quantitative estimate of drug-likeness (QED) is 0.168. The Morgan fingerprint density at radius 3 is 2.02 bits per heavy atom. The van der Waals surface area contributed by atoms with Crippen molar-refractivity contribution in [2.75, 3.05) is 10.8 Å². The average Bonchev–Trinajstić information content (AvgIpc) is 3.03. The predicted molar refractivity (Wildman–Crippen MR) is 181 cm³/mol. The summed E-state index contributed by atoms with van der Waals surface area (Å²) in [4.78, 5) is 29.7. The van der Waals surface area contributed by atoms with Crippen LogP contribution in [0.5, 0.6) is 0 Å². The van der Waals surface area contributed by atoms with Crippen LogP contribution in [0.15, 0.2) is 108 Å². The van der Waals surface area contributed by atoms with E-state index in [1.807, 2.05) is 63.2 Å². The van der Waals surface area contributed by atoms with E-state index in [2.05, 4.69) is 5.32 Å². The number of amides is 2. The highest BCUT2D eigenvalue weighted by Crippen LogP contribution is 2.27. The Bertz CT molecular complexity index is 1700. The van der Waals surface area contributed by atoms with Crippen molar-refractivity contribution < 1.29 is 18.0 Å². The number of benzene rings is 4. The Balaban J connectivity index is 1.82. The second-order valence-electron chi connectivity index (χ2n) is 11.0. The van der Waals surface area contributed by atoms with Crippen molar-refractivity contribution in [2.45, 2.75) is 57.1 Å². The highest BCUT2D eigenvalue weighted by atomic mass is 35.5. The van der Waals surface area contributed by atoms with Gasteiger partial charge in [-0.15, -0.1) is 0 Å². The van der Waals surface area contributed by atoms with Crippen molar-refractivity contribution in [1.82, 2.24) is 10.2 Å². The molecular weight excluding hydrogens is 629 g/mol. The maximum Gasteiger partial charge on any atom is 0.264 e. The van der Waals surface area contributed by atoms with Gasteiger partial charge in [-0.2, -0.15) is 0 Å². The van der Waals surface area contributed by atoms with Gasteiger partial charge in [0.1, 0.15) is 12.6 Å². The number of anilines is 1. The van der Waals surface area contributed by atoms with Crippen LogP contribution in [0, 0.1) is 0 Å². The van der Waals surface area contributed by atoms with E-state index < -0.39 is 28.5 Å². The SMILES string of the molecule is CCc1ccc(N(CC(=O)N(Cc2ccc(Cl)cc2Cl)[C@H](Cc2ccccc2)C(=O)NC(C)C)S(=O)(=O)c2ccccc2)cc1. The highest BCUT2D eigenvalue weighted by molar-refractivity contribution is 7.92. The molecule has 0 aliphatic rings. The Hall–Kier alpha value is -3.85. The van der Waals surface area contributed by atoms with Crippen molar-refractivity contribution in [2.24, 2.45) is 0 Å². The first-order chi connectivity index (χ1) is 21.5. The fraction of sp³-hybridized carbons (Fsp3) is 0.257. The molecule has 7 nitrogen and oxygen atoms in total. The van der Waals surface area contributed by atoms with Gasteiger partial charge in [0.2, 0.25) is 11.8 Å². The van der Waals surface area contributed by atoms with Crippen LogP contribution in [0.4, 0.5) is 5.69 Å². The van der Waals surface area contributed by atoms with Crippen molar-refractivity contribution in [3.8, 4) is 0 Å². The lowest BCUT2D eigenvalue weighted by Gasteiger charge is -2.34. The monoisotopic (exact) mass is 665 g/mol. The molecule has 0 aliphatic heterocycles. The fourth-order valence-electron chi connectivity index (χ4n) is 4.91. The normalized spacial score (nSPS) is 12.0. The van der Waals surface area contributed by atoms with Crippen LogP contribution in [0.3, 0.4) is 0 Å². The van der Waals surface area contributed by atoms with E-state index in [1.165, 1.54) is 17.0 Å². The van der Waals surface area contributed by atoms with Gasteiger partial charge >= 0.3 is 0 Å². The van der Waals surface area contributed by atoms with Crippen LogP contribution in [0.25, 0.3) is 0 Å². The molecule has 1 N–H and O–H groups in total. The molecule has 0 radical (unpaired) electrons. The molecule has 0 spiro atoms. The van der Waals surface area contributed by atoms with Gasteiger partial charge in [-0.3, -0.25) is 13.9 Å². The van der Waals surface area contributed by atoms with Gasteiger partial charge in [-0.25, -0.2) is 8.42 Å². The lowest BCUT2D eigenvalue weighted by molar-refractivity contribution is -0.140. The second kappa shape index (κ2) is 15.4. The number of carbonyl (C=O) groups is 2. The van der Waals surface area contributed by atoms with E-state index in [-0.39, 0.29) is 29.8 Å². The highest BCUT2D eigenvalue weighted by Gasteiger charge is 2.35. The molecule has 0 fully saturated rings. The molecule has 2 amide bonds. The Labute approximate surface area is 275 Å². The molecule has 0 aromatic heterocycles. The number of halogens is 2. The summed E-state index contributed by atoms with van der Waals surface area (Å²) in [6.45, 7) is 5.09. The van der Waals surface area contributed by atoms with Crippen LogP contribution >= 0.6 is 23.2 Å². The van der Waals surface area contributed by atoms with Gasteiger partial charge in [0.25, 0.3) is 10.0 Å². The summed E-state index contributed by atoms with van der Waals surface area (Å²) in [5, 5.41) is 3.70. The maximum absolute atomic E-state index is 14.5. The van der Waals surface area contributed by atoms with E-state index in [1.54, 1.807) is 48.5 Å². The number of hydrogen-bond donors (Lipinski definition) is 1. The predicted octanol–water partition coefficient (Wildman–Crippen LogP) is 6.92. The summed E-state index contributed by atoms with van der Waals surface area (Å²) in [5.41, 5.74) is 2.76. The number of nitrogens with one attached hydrogen (secondary N) is 1. The zero-order valence-electron chi connectivity index (χ0n) is 25.5. The van der Waals surface area contributed by atoms with E-state index in [4.69, 9.17) is 23.2 Å². The number of sulfonamides is 1. The third-order valence-corrected chi connectivity index (χ3v) is 9.68. The summed E-state index contributed by atoms with van der Waals surface area (Å²) >= 11 is 12.7. The van der Waals surface area contributed by atoms with Crippen LogP contribution in [0.1, 0.15) is 37.5 Å². The van der Waals surface area contributed by atoms with Crippen LogP contribution in [-0.2, 0) is 39.0 Å². The van der Waals surface area contributed by atoms with Crippen molar-refractivity contribution in [3.05, 3.63) is 130 Å². The molecule has 0 aliphatic carbocycles. The first-order valence-corrected chi connectivity index (χ1v) is 16.9. The average molecular weight is 667 g/mol. The minimum absolute atomic E-state index is 0.0445. The lowest BCUT2D eigenvalue weighted by Crippen LogP contribution is -2.54. The van der Waals surface area contributed by atoms with Gasteiger partial charge in [-0.05, 0) is 73.4 Å². The van der Waals surface area contributed by atoms with Crippen LogP contribution in [0.2, 0.25) is 10.0 Å². The Kier molecular flexibility index (Phi) is 11.7. The molecule has 0 bridgehead atoms. The molecule has 45 heavy (non-hydrogen) atoms. The first-order valence-electron chi connectivity index (χ1n) is 14.7. The van der Waals surface area contributed by atoms with E-state index in [9.17, 15) is 18.0 Å². The second-order valence-corrected chi connectivity index (χ2v) is 13.7. The minimum Gasteiger partial charge on any atom is -0.352 e. The molecule has 0 saturated carbocycles. The minimum atomic E-state index is -4.17. The Morgan fingerprint density at radius 1 is 0.822 bits per heavy atom. The molecule has 0 unspecified atom stereocenters. The molecule has 0 saturated heterocycles. The molecule has 236 valence electrons. The van der Waals surface area contributed by atoms with Gasteiger partial charge in [0, 0.05) is 29.1 Å². The maximum atomic E-state index is 14.5. The standard InChI is InChI=1S/C35H37Cl2N3O4S/c1-4-26-15-19-30(20-16-26)40(45(43,44)31-13-9-6-10-14-31)24-34(41)39(23-28-17-18-29(36)22-32(28)37)33(35(42)38-25(2)3)21-27-11-7-5-8-12-27/h5-20,22,25,33H,4,21,23-24H2,1-3H3,(H,38,42)/t33-/m1/s1. The summed E-state index contributed by atoms with van der Waals surface area (Å²) in [7, 11) is -4.17. The third-order valence-electron chi connectivity index (χ3n) is 7.30. The van der Waals surface area contributed by atoms with E-state index in [0.29, 0.717) is 21.3 Å². The summed E-state index contributed by atoms with van der Waals surface area (Å²) in [5.74, 6) is -0.933. The lowest BCUT2D eigenvalue weighted by atomic mass is 10.0. The molecule has 10 heteroatoms. The Morgan fingerprint density at radius 2 is 1.44 bits per heavy atom. The van der Waals surface area contributed by atoms with Gasteiger partial charge in [-0.1, -0.05) is 96.9 Å². The number of aryl methyl sites for hydroxylation is 1. The molecule has 4 rings (SSSR count). The van der Waals surface area contributed by atoms with Gasteiger partial charge in [0.05, 0.1) is 10.6 Å². The van der Waals surface area contributed by atoms with Gasteiger partial charge in [0.15, 0.2) is 0 Å². The zero-order chi connectivity index (χ0) is 32.6. The summed E-state index contributed by atoms with van der Waals surface area (Å²) < 4.78 is 29.2. The summed E-state index contributed by atoms with van der Waals surface area (Å²) in [6.07, 6.45) is 0.972. The van der Waals surface area contributed by atoms with Gasteiger partial charge < -0.3 is 10.2 Å². The number of carbonyl (C=O) groups excluding carboxylic acids is 2. The third kappa shape index (κ3) is 8.87. The molecular formula is C35H37Cl2N3O4S. The van der Waals surface area contributed by atoms with Crippen LogP contribution in [-0.4, -0.2) is 43.8 Å². The molecule has 0 heterocycles. The van der Waals surface area contributed by atoms with E-state index in [0.717, 1.165) is 21.9 Å². The largest absolute Gasteiger partial charge is 0.352 e. The number of rotatable bonds is 13. The van der Waals surface area contributed by atoms with Crippen molar-refractivity contribution in [1.29, 1.82) is 0 Å².